The second-order valence-corrected chi connectivity index (χ2v) is 7.45. The standard InChI is InChI=1S/C17H26N2O5/c1-17(2)15(23)19(16(24)18(17)3)9-13(14(21)22)12(10-20)8-11-6-4-5-7-11/h10-13H,4-9H2,1-3H3,(H,21,22)/t12-,13-/m0/s1. The van der Waals surface area contributed by atoms with Crippen LogP contribution in [0.3, 0.4) is 0 Å². The Morgan fingerprint density at radius 2 is 1.92 bits per heavy atom. The average Bonchev–Trinajstić information content (AvgIpc) is 3.08. The molecule has 0 aromatic heterocycles. The number of imide groups is 1. The summed E-state index contributed by atoms with van der Waals surface area (Å²) in [5.41, 5.74) is -0.998. The smallest absolute Gasteiger partial charge is 0.327 e. The number of urea groups is 1. The van der Waals surface area contributed by atoms with Gasteiger partial charge in [-0.2, -0.15) is 0 Å². The van der Waals surface area contributed by atoms with Crippen LogP contribution in [0.5, 0.6) is 0 Å². The molecule has 1 N–H and O–H groups in total. The van der Waals surface area contributed by atoms with Crippen LogP contribution >= 0.6 is 0 Å². The average molecular weight is 338 g/mol. The molecule has 0 radical (unpaired) electrons. The highest BCUT2D eigenvalue weighted by molar-refractivity contribution is 6.06. The highest BCUT2D eigenvalue weighted by atomic mass is 16.4. The van der Waals surface area contributed by atoms with Gasteiger partial charge >= 0.3 is 12.0 Å². The summed E-state index contributed by atoms with van der Waals surface area (Å²) in [6.45, 7) is 2.99. The van der Waals surface area contributed by atoms with Gasteiger partial charge in [0.1, 0.15) is 11.8 Å². The highest BCUT2D eigenvalue weighted by Gasteiger charge is 2.50. The molecule has 0 spiro atoms. The maximum atomic E-state index is 12.4. The predicted molar refractivity (Wildman–Crippen MR) is 86.2 cm³/mol. The quantitative estimate of drug-likeness (QED) is 0.564. The summed E-state index contributed by atoms with van der Waals surface area (Å²) in [6.07, 6.45) is 5.42. The van der Waals surface area contributed by atoms with Crippen LogP contribution in [0.25, 0.3) is 0 Å². The first-order valence-corrected chi connectivity index (χ1v) is 8.48. The molecule has 2 atom stereocenters. The maximum absolute atomic E-state index is 12.4. The van der Waals surface area contributed by atoms with Gasteiger partial charge in [0.15, 0.2) is 0 Å². The van der Waals surface area contributed by atoms with Gasteiger partial charge in [-0.25, -0.2) is 4.79 Å². The molecular formula is C17H26N2O5. The number of likely N-dealkylation sites (N-methyl/N-ethyl adjacent to an activating group) is 1. The molecule has 1 saturated carbocycles. The van der Waals surface area contributed by atoms with Crippen LogP contribution in [0.1, 0.15) is 46.0 Å². The van der Waals surface area contributed by atoms with E-state index in [2.05, 4.69) is 0 Å². The van der Waals surface area contributed by atoms with Crippen molar-refractivity contribution in [1.29, 1.82) is 0 Å². The third-order valence-corrected chi connectivity index (χ3v) is 5.59. The van der Waals surface area contributed by atoms with E-state index in [0.717, 1.165) is 30.6 Å². The zero-order chi connectivity index (χ0) is 18.1. The van der Waals surface area contributed by atoms with Gasteiger partial charge in [0.05, 0.1) is 5.92 Å². The molecule has 0 aromatic rings. The molecule has 7 heteroatoms. The summed E-state index contributed by atoms with van der Waals surface area (Å²) in [6, 6.07) is -0.512. The van der Waals surface area contributed by atoms with Crippen molar-refractivity contribution in [2.45, 2.75) is 51.5 Å². The lowest BCUT2D eigenvalue weighted by molar-refractivity contribution is -0.146. The Hall–Kier alpha value is -1.92. The Labute approximate surface area is 142 Å². The fourth-order valence-electron chi connectivity index (χ4n) is 3.68. The SMILES string of the molecule is CN1C(=O)N(C[C@H](C(=O)O)[C@H](C=O)CC2CCCC2)C(=O)C1(C)C. The second kappa shape index (κ2) is 6.91. The van der Waals surface area contributed by atoms with Gasteiger partial charge in [-0.1, -0.05) is 25.7 Å². The van der Waals surface area contributed by atoms with E-state index >= 15 is 0 Å². The van der Waals surface area contributed by atoms with Crippen molar-refractivity contribution >= 4 is 24.2 Å². The fraction of sp³-hybridized carbons (Fsp3) is 0.765. The van der Waals surface area contributed by atoms with E-state index < -0.39 is 35.3 Å². The van der Waals surface area contributed by atoms with Crippen LogP contribution in [0.2, 0.25) is 0 Å². The first-order chi connectivity index (χ1) is 11.2. The van der Waals surface area contributed by atoms with Crippen molar-refractivity contribution in [3.63, 3.8) is 0 Å². The zero-order valence-electron chi connectivity index (χ0n) is 14.5. The zero-order valence-corrected chi connectivity index (χ0v) is 14.5. The molecule has 24 heavy (non-hydrogen) atoms. The highest BCUT2D eigenvalue weighted by Crippen LogP contribution is 2.34. The molecular weight excluding hydrogens is 312 g/mol. The number of hydrogen-bond donors (Lipinski definition) is 1. The Morgan fingerprint density at radius 1 is 1.33 bits per heavy atom. The minimum atomic E-state index is -1.14. The Balaban J connectivity index is 2.15. The van der Waals surface area contributed by atoms with Crippen molar-refractivity contribution < 1.29 is 24.3 Å². The number of rotatable bonds is 7. The number of aliphatic carboxylic acids is 1. The molecule has 1 heterocycles. The van der Waals surface area contributed by atoms with Gasteiger partial charge in [0.2, 0.25) is 0 Å². The Bertz CT molecular complexity index is 539. The normalized spacial score (nSPS) is 23.6. The summed E-state index contributed by atoms with van der Waals surface area (Å²) in [5.74, 6) is -2.95. The van der Waals surface area contributed by atoms with E-state index in [0.29, 0.717) is 18.6 Å². The molecule has 2 fully saturated rings. The number of carboxylic acid groups (broad SMARTS) is 1. The number of nitrogens with zero attached hydrogens (tertiary/aromatic N) is 2. The predicted octanol–water partition coefficient (Wildman–Crippen LogP) is 1.76. The van der Waals surface area contributed by atoms with Gasteiger partial charge in [0.25, 0.3) is 5.91 Å². The molecule has 3 amide bonds. The summed E-state index contributed by atoms with van der Waals surface area (Å²) in [4.78, 5) is 50.2. The molecule has 7 nitrogen and oxygen atoms in total. The second-order valence-electron chi connectivity index (χ2n) is 7.45. The number of amides is 3. The molecule has 2 rings (SSSR count). The van der Waals surface area contributed by atoms with Crippen molar-refractivity contribution in [3.8, 4) is 0 Å². The van der Waals surface area contributed by atoms with E-state index in [9.17, 15) is 24.3 Å². The largest absolute Gasteiger partial charge is 0.481 e. The summed E-state index contributed by atoms with van der Waals surface area (Å²) < 4.78 is 0. The fourth-order valence-corrected chi connectivity index (χ4v) is 3.68. The third kappa shape index (κ3) is 3.30. The van der Waals surface area contributed by atoms with Crippen LogP contribution in [0.4, 0.5) is 4.79 Å². The molecule has 0 bridgehead atoms. The number of carbonyl (C=O) groups excluding carboxylic acids is 3. The molecule has 2 aliphatic rings. The molecule has 1 aliphatic heterocycles. The van der Waals surface area contributed by atoms with E-state index in [1.807, 2.05) is 0 Å². The summed E-state index contributed by atoms with van der Waals surface area (Å²) in [5, 5.41) is 9.56. The lowest BCUT2D eigenvalue weighted by Gasteiger charge is -2.25. The Kier molecular flexibility index (Phi) is 5.30. The summed E-state index contributed by atoms with van der Waals surface area (Å²) >= 11 is 0. The van der Waals surface area contributed by atoms with Crippen LogP contribution < -0.4 is 0 Å². The van der Waals surface area contributed by atoms with E-state index in [1.165, 1.54) is 11.9 Å². The van der Waals surface area contributed by atoms with Crippen LogP contribution in [0, 0.1) is 17.8 Å². The number of carbonyl (C=O) groups is 4. The van der Waals surface area contributed by atoms with Crippen molar-refractivity contribution in [2.75, 3.05) is 13.6 Å². The van der Waals surface area contributed by atoms with Gasteiger partial charge in [0, 0.05) is 19.5 Å². The van der Waals surface area contributed by atoms with Gasteiger partial charge in [-0.3, -0.25) is 14.5 Å². The monoisotopic (exact) mass is 338 g/mol. The van der Waals surface area contributed by atoms with Crippen LogP contribution in [-0.2, 0) is 14.4 Å². The van der Waals surface area contributed by atoms with Gasteiger partial charge < -0.3 is 14.8 Å². The molecule has 1 saturated heterocycles. The van der Waals surface area contributed by atoms with Crippen LogP contribution in [-0.4, -0.2) is 58.2 Å². The molecule has 0 aromatic carbocycles. The van der Waals surface area contributed by atoms with Gasteiger partial charge in [-0.15, -0.1) is 0 Å². The number of carboxylic acids is 1. The van der Waals surface area contributed by atoms with Gasteiger partial charge in [-0.05, 0) is 26.2 Å². The lowest BCUT2D eigenvalue weighted by Crippen LogP contribution is -2.43. The first-order valence-electron chi connectivity index (χ1n) is 8.48. The number of aldehydes is 1. The van der Waals surface area contributed by atoms with Crippen molar-refractivity contribution in [2.24, 2.45) is 17.8 Å². The van der Waals surface area contributed by atoms with E-state index in [4.69, 9.17) is 0 Å². The number of hydrogen-bond acceptors (Lipinski definition) is 4. The first kappa shape index (κ1) is 18.4. The maximum Gasteiger partial charge on any atom is 0.327 e. The minimum Gasteiger partial charge on any atom is -0.481 e. The molecule has 0 unspecified atom stereocenters. The van der Waals surface area contributed by atoms with Crippen LogP contribution in [0.15, 0.2) is 0 Å². The molecule has 1 aliphatic carbocycles. The summed E-state index contributed by atoms with van der Waals surface area (Å²) in [7, 11) is 1.52. The van der Waals surface area contributed by atoms with Crippen molar-refractivity contribution in [1.82, 2.24) is 9.80 Å². The van der Waals surface area contributed by atoms with Crippen molar-refractivity contribution in [3.05, 3.63) is 0 Å². The molecule has 134 valence electrons. The lowest BCUT2D eigenvalue weighted by atomic mass is 9.84. The van der Waals surface area contributed by atoms with E-state index in [1.54, 1.807) is 13.8 Å². The topological polar surface area (TPSA) is 95.0 Å². The minimum absolute atomic E-state index is 0.253. The van der Waals surface area contributed by atoms with E-state index in [-0.39, 0.29) is 6.54 Å². The third-order valence-electron chi connectivity index (χ3n) is 5.59. The Morgan fingerprint density at radius 3 is 2.33 bits per heavy atom.